The fraction of sp³-hybridized carbons (Fsp3) is 0.727. The number of benzene rings is 1. The highest BCUT2D eigenvalue weighted by Gasteiger charge is 2.60. The molecule has 3 aliphatic carbocycles. The van der Waals surface area contributed by atoms with Crippen molar-refractivity contribution in [2.75, 3.05) is 0 Å². The van der Waals surface area contributed by atoms with E-state index in [1.165, 1.54) is 30.4 Å². The number of aliphatic hydroxyl groups is 1. The van der Waals surface area contributed by atoms with Crippen LogP contribution in [0.15, 0.2) is 12.1 Å². The summed E-state index contributed by atoms with van der Waals surface area (Å²) in [6.45, 7) is 6.65. The molecule has 2 nitrogen and oxygen atoms in total. The third-order valence-corrected chi connectivity index (χ3v) is 8.21. The van der Waals surface area contributed by atoms with Crippen molar-refractivity contribution in [3.8, 4) is 5.75 Å². The van der Waals surface area contributed by atoms with E-state index in [0.29, 0.717) is 23.5 Å². The van der Waals surface area contributed by atoms with Crippen LogP contribution in [0.4, 0.5) is 0 Å². The minimum Gasteiger partial charge on any atom is -0.508 e. The molecule has 1 aromatic rings. The first-order valence-corrected chi connectivity index (χ1v) is 10.0. The average molecular weight is 328 g/mol. The summed E-state index contributed by atoms with van der Waals surface area (Å²) >= 11 is 0. The van der Waals surface area contributed by atoms with Gasteiger partial charge in [0, 0.05) is 0 Å². The van der Waals surface area contributed by atoms with Crippen molar-refractivity contribution in [2.45, 2.75) is 83.7 Å². The summed E-state index contributed by atoms with van der Waals surface area (Å²) in [5.41, 5.74) is 3.63. The summed E-state index contributed by atoms with van der Waals surface area (Å²) in [5.74, 6) is 2.49. The maximum Gasteiger partial charge on any atom is 0.119 e. The minimum absolute atomic E-state index is 0.102. The monoisotopic (exact) mass is 328 g/mol. The van der Waals surface area contributed by atoms with Crippen LogP contribution in [0.1, 0.15) is 81.9 Å². The van der Waals surface area contributed by atoms with Crippen LogP contribution in [0.25, 0.3) is 0 Å². The van der Waals surface area contributed by atoms with Gasteiger partial charge in [0.1, 0.15) is 5.75 Å². The van der Waals surface area contributed by atoms with Crippen LogP contribution in [0.5, 0.6) is 5.75 Å². The second-order valence-corrected chi connectivity index (χ2v) is 8.83. The summed E-state index contributed by atoms with van der Waals surface area (Å²) < 4.78 is 0. The first-order chi connectivity index (χ1) is 11.4. The lowest BCUT2D eigenvalue weighted by Crippen LogP contribution is -2.50. The average Bonchev–Trinajstić information content (AvgIpc) is 2.86. The predicted molar refractivity (Wildman–Crippen MR) is 97.3 cm³/mol. The Labute approximate surface area is 146 Å². The third kappa shape index (κ3) is 2.05. The Morgan fingerprint density at radius 1 is 1.12 bits per heavy atom. The van der Waals surface area contributed by atoms with E-state index in [1.54, 1.807) is 0 Å². The van der Waals surface area contributed by atoms with Crippen molar-refractivity contribution in [2.24, 2.45) is 17.3 Å². The lowest BCUT2D eigenvalue weighted by Gasteiger charge is -2.53. The fourth-order valence-corrected chi connectivity index (χ4v) is 6.63. The summed E-state index contributed by atoms with van der Waals surface area (Å²) in [6, 6.07) is 4.33. The molecule has 0 amide bonds. The van der Waals surface area contributed by atoms with Gasteiger partial charge in [-0.2, -0.15) is 0 Å². The lowest BCUT2D eigenvalue weighted by molar-refractivity contribution is -0.104. The summed E-state index contributed by atoms with van der Waals surface area (Å²) in [5, 5.41) is 21.4. The first-order valence-electron chi connectivity index (χ1n) is 10.0. The highest BCUT2D eigenvalue weighted by Crippen LogP contribution is 2.65. The van der Waals surface area contributed by atoms with Gasteiger partial charge in [-0.25, -0.2) is 0 Å². The molecule has 5 atom stereocenters. The number of fused-ring (bicyclic) bond motifs is 5. The molecule has 2 heteroatoms. The van der Waals surface area contributed by atoms with Crippen molar-refractivity contribution in [3.63, 3.8) is 0 Å². The van der Waals surface area contributed by atoms with Gasteiger partial charge in [-0.15, -0.1) is 0 Å². The molecule has 0 spiro atoms. The number of phenolic OH excluding ortho intramolecular Hbond substituents is 1. The molecule has 1 aromatic carbocycles. The topological polar surface area (TPSA) is 40.5 Å². The SMILES string of the molecule is CCc1cc2c(cc1O)CC[C@@H]1[C@@H]2CC[C@@]2(C)[C@H]1CC[C@@]2(O)CC. The Balaban J connectivity index is 1.71. The van der Waals surface area contributed by atoms with Crippen LogP contribution < -0.4 is 0 Å². The molecule has 0 bridgehead atoms. The van der Waals surface area contributed by atoms with E-state index in [1.807, 2.05) is 6.07 Å². The maximum atomic E-state index is 11.2. The number of aromatic hydroxyl groups is 1. The molecule has 2 saturated carbocycles. The Hall–Kier alpha value is -1.02. The highest BCUT2D eigenvalue weighted by molar-refractivity contribution is 5.45. The smallest absolute Gasteiger partial charge is 0.119 e. The molecule has 24 heavy (non-hydrogen) atoms. The van der Waals surface area contributed by atoms with Crippen molar-refractivity contribution in [1.82, 2.24) is 0 Å². The molecule has 132 valence electrons. The molecular formula is C22H32O2. The van der Waals surface area contributed by atoms with E-state index in [0.717, 1.165) is 37.7 Å². The molecular weight excluding hydrogens is 296 g/mol. The van der Waals surface area contributed by atoms with Crippen LogP contribution in [-0.2, 0) is 12.8 Å². The van der Waals surface area contributed by atoms with E-state index < -0.39 is 5.60 Å². The Morgan fingerprint density at radius 2 is 1.92 bits per heavy atom. The Bertz CT molecular complexity index is 652. The fourth-order valence-electron chi connectivity index (χ4n) is 6.63. The van der Waals surface area contributed by atoms with Crippen molar-refractivity contribution in [1.29, 1.82) is 0 Å². The van der Waals surface area contributed by atoms with Gasteiger partial charge in [0.2, 0.25) is 0 Å². The molecule has 0 unspecified atom stereocenters. The van der Waals surface area contributed by atoms with Gasteiger partial charge in [0.25, 0.3) is 0 Å². The number of phenols is 1. The summed E-state index contributed by atoms with van der Waals surface area (Å²) in [7, 11) is 0. The lowest BCUT2D eigenvalue weighted by atomic mass is 9.53. The van der Waals surface area contributed by atoms with Crippen LogP contribution >= 0.6 is 0 Å². The number of hydrogen-bond donors (Lipinski definition) is 2. The normalized spacial score (nSPS) is 40.8. The second kappa shape index (κ2) is 5.49. The van der Waals surface area contributed by atoms with Gasteiger partial charge >= 0.3 is 0 Å². The number of rotatable bonds is 2. The third-order valence-electron chi connectivity index (χ3n) is 8.21. The molecule has 0 aromatic heterocycles. The van der Waals surface area contributed by atoms with Crippen LogP contribution in [0.3, 0.4) is 0 Å². The molecule has 0 heterocycles. The molecule has 0 radical (unpaired) electrons. The molecule has 0 saturated heterocycles. The van der Waals surface area contributed by atoms with Crippen LogP contribution in [-0.4, -0.2) is 15.8 Å². The van der Waals surface area contributed by atoms with Gasteiger partial charge < -0.3 is 10.2 Å². The molecule has 0 aliphatic heterocycles. The van der Waals surface area contributed by atoms with Crippen LogP contribution in [0.2, 0.25) is 0 Å². The predicted octanol–water partition coefficient (Wildman–Crippen LogP) is 4.95. The Morgan fingerprint density at radius 3 is 2.62 bits per heavy atom. The number of hydrogen-bond acceptors (Lipinski definition) is 2. The zero-order valence-corrected chi connectivity index (χ0v) is 15.4. The van der Waals surface area contributed by atoms with Gasteiger partial charge in [-0.3, -0.25) is 0 Å². The Kier molecular flexibility index (Phi) is 3.76. The minimum atomic E-state index is -0.452. The summed E-state index contributed by atoms with van der Waals surface area (Å²) in [6.07, 6.45) is 8.61. The van der Waals surface area contributed by atoms with Gasteiger partial charge in [-0.05, 0) is 97.3 Å². The second-order valence-electron chi connectivity index (χ2n) is 8.83. The van der Waals surface area contributed by atoms with Crippen molar-refractivity contribution < 1.29 is 10.2 Å². The van der Waals surface area contributed by atoms with Crippen molar-refractivity contribution >= 4 is 0 Å². The largest absolute Gasteiger partial charge is 0.508 e. The quantitative estimate of drug-likeness (QED) is 0.806. The van der Waals surface area contributed by atoms with Crippen LogP contribution in [0, 0.1) is 17.3 Å². The number of aryl methyl sites for hydroxylation is 2. The molecule has 2 N–H and O–H groups in total. The van der Waals surface area contributed by atoms with E-state index in [4.69, 9.17) is 0 Å². The van der Waals surface area contributed by atoms with E-state index >= 15 is 0 Å². The van der Waals surface area contributed by atoms with Gasteiger partial charge in [0.05, 0.1) is 5.60 Å². The van der Waals surface area contributed by atoms with Gasteiger partial charge in [0.15, 0.2) is 0 Å². The zero-order valence-electron chi connectivity index (χ0n) is 15.4. The maximum absolute atomic E-state index is 11.2. The molecule has 2 fully saturated rings. The zero-order chi connectivity index (χ0) is 17.1. The van der Waals surface area contributed by atoms with E-state index in [2.05, 4.69) is 26.8 Å². The molecule has 3 aliphatic rings. The highest BCUT2D eigenvalue weighted by atomic mass is 16.3. The first kappa shape index (κ1) is 16.4. The van der Waals surface area contributed by atoms with E-state index in [-0.39, 0.29) is 5.41 Å². The van der Waals surface area contributed by atoms with Crippen molar-refractivity contribution in [3.05, 3.63) is 28.8 Å². The van der Waals surface area contributed by atoms with Gasteiger partial charge in [-0.1, -0.05) is 26.8 Å². The standard InChI is InChI=1S/C22H32O2/c1-4-14-12-18-15(13-20(14)23)6-7-17-16(18)8-10-21(3)19(17)9-11-22(21,24)5-2/h12-13,16-17,19,23-24H,4-11H2,1-3H3/t16-,17+,19-,21-,22-/m0/s1. The van der Waals surface area contributed by atoms with E-state index in [9.17, 15) is 10.2 Å². The summed E-state index contributed by atoms with van der Waals surface area (Å²) in [4.78, 5) is 0. The molecule has 4 rings (SSSR count).